The van der Waals surface area contributed by atoms with Crippen molar-refractivity contribution in [2.24, 2.45) is 23.7 Å². The van der Waals surface area contributed by atoms with Gasteiger partial charge in [-0.3, -0.25) is 4.79 Å². The first-order chi connectivity index (χ1) is 13.7. The van der Waals surface area contributed by atoms with Crippen molar-refractivity contribution < 1.29 is 14.3 Å². The summed E-state index contributed by atoms with van der Waals surface area (Å²) in [4.78, 5) is 15.6. The van der Waals surface area contributed by atoms with Gasteiger partial charge in [-0.05, 0) is 63.1 Å². The van der Waals surface area contributed by atoms with Crippen molar-refractivity contribution in [2.45, 2.75) is 38.5 Å². The van der Waals surface area contributed by atoms with Gasteiger partial charge in [0.25, 0.3) is 0 Å². The summed E-state index contributed by atoms with van der Waals surface area (Å²) in [5.41, 5.74) is 1.25. The van der Waals surface area contributed by atoms with E-state index < -0.39 is 0 Å². The second kappa shape index (κ2) is 8.69. The fourth-order valence-corrected chi connectivity index (χ4v) is 5.38. The summed E-state index contributed by atoms with van der Waals surface area (Å²) >= 11 is 0. The maximum Gasteiger partial charge on any atom is 0.156 e. The number of rotatable bonds is 6. The molecule has 3 aliphatic carbocycles. The highest BCUT2D eigenvalue weighted by Gasteiger charge is 2.42. The predicted molar refractivity (Wildman–Crippen MR) is 111 cm³/mol. The van der Waals surface area contributed by atoms with E-state index >= 15 is 0 Å². The second-order valence-electron chi connectivity index (χ2n) is 8.76. The van der Waals surface area contributed by atoms with Crippen LogP contribution in [0.2, 0.25) is 0 Å². The Kier molecular flexibility index (Phi) is 6.05. The third-order valence-electron chi connectivity index (χ3n) is 7.01. The number of Topliss-reactive ketones (excluding diaryl/α,β-unsaturated/α-hetero) is 1. The molecule has 0 spiro atoms. The van der Waals surface area contributed by atoms with Crippen LogP contribution >= 0.6 is 0 Å². The number of ketones is 1. The minimum Gasteiger partial charge on any atom is -0.497 e. The first kappa shape index (κ1) is 19.5. The van der Waals surface area contributed by atoms with Crippen LogP contribution in [0.3, 0.4) is 0 Å². The Morgan fingerprint density at radius 1 is 1.11 bits per heavy atom. The van der Waals surface area contributed by atoms with E-state index in [2.05, 4.69) is 35.3 Å². The average Bonchev–Trinajstić information content (AvgIpc) is 3.03. The zero-order valence-electron chi connectivity index (χ0n) is 17.2. The van der Waals surface area contributed by atoms with Gasteiger partial charge in [-0.1, -0.05) is 29.9 Å². The standard InChI is InChI=1S/C24H33NO3/c1-27-22-14-19-13-20(24(26)21(19)15-23(22)28-2)12-17-8-10-25(11-9-17)16-18-6-4-3-5-7-18/h3-6,14,17-18,20-21H,7-13,15-16H2,1-2H3. The molecule has 4 rings (SSSR count). The number of carbonyl (C=O) groups excluding carboxylic acids is 1. The molecule has 0 aromatic rings. The van der Waals surface area contributed by atoms with Crippen LogP contribution in [0, 0.1) is 23.7 Å². The summed E-state index contributed by atoms with van der Waals surface area (Å²) in [6, 6.07) is 0. The molecule has 1 saturated carbocycles. The van der Waals surface area contributed by atoms with Crippen LogP contribution in [-0.2, 0) is 14.3 Å². The van der Waals surface area contributed by atoms with Crippen LogP contribution in [0.15, 0.2) is 47.5 Å². The highest BCUT2D eigenvalue weighted by Crippen LogP contribution is 2.44. The highest BCUT2D eigenvalue weighted by molar-refractivity contribution is 5.90. The van der Waals surface area contributed by atoms with E-state index in [1.54, 1.807) is 14.2 Å². The molecule has 0 aromatic heterocycles. The van der Waals surface area contributed by atoms with Crippen LogP contribution in [0.5, 0.6) is 0 Å². The lowest BCUT2D eigenvalue weighted by Gasteiger charge is -2.34. The summed E-state index contributed by atoms with van der Waals surface area (Å²) < 4.78 is 10.9. The van der Waals surface area contributed by atoms with Gasteiger partial charge in [-0.15, -0.1) is 0 Å². The molecule has 0 bridgehead atoms. The van der Waals surface area contributed by atoms with Crippen molar-refractivity contribution in [1.29, 1.82) is 0 Å². The van der Waals surface area contributed by atoms with E-state index in [9.17, 15) is 4.79 Å². The van der Waals surface area contributed by atoms with Gasteiger partial charge in [0.2, 0.25) is 0 Å². The van der Waals surface area contributed by atoms with Crippen LogP contribution in [-0.4, -0.2) is 44.5 Å². The molecule has 2 fully saturated rings. The van der Waals surface area contributed by atoms with E-state index in [-0.39, 0.29) is 11.8 Å². The molecular formula is C24H33NO3. The van der Waals surface area contributed by atoms with Gasteiger partial charge in [0.05, 0.1) is 14.2 Å². The topological polar surface area (TPSA) is 38.8 Å². The third kappa shape index (κ3) is 4.12. The SMILES string of the molecule is COC1=C(OC)CC2C(=O)C(CC3CCN(CC4C=CC=CC4)CC3)CC2=C1. The maximum absolute atomic E-state index is 13.0. The number of hydrogen-bond acceptors (Lipinski definition) is 4. The number of carbonyl (C=O) groups is 1. The van der Waals surface area contributed by atoms with Crippen LogP contribution in [0.25, 0.3) is 0 Å². The minimum absolute atomic E-state index is 0.0186. The number of piperidine rings is 1. The van der Waals surface area contributed by atoms with Gasteiger partial charge in [-0.2, -0.15) is 0 Å². The first-order valence-electron chi connectivity index (χ1n) is 10.8. The molecule has 0 aromatic carbocycles. The van der Waals surface area contributed by atoms with E-state index in [0.717, 1.165) is 24.4 Å². The Morgan fingerprint density at radius 3 is 2.61 bits per heavy atom. The minimum atomic E-state index is 0.0186. The smallest absolute Gasteiger partial charge is 0.156 e. The molecule has 152 valence electrons. The molecule has 3 unspecified atom stereocenters. The van der Waals surface area contributed by atoms with Crippen molar-refractivity contribution in [1.82, 2.24) is 4.90 Å². The highest BCUT2D eigenvalue weighted by atomic mass is 16.5. The zero-order valence-corrected chi connectivity index (χ0v) is 17.2. The first-order valence-corrected chi connectivity index (χ1v) is 10.8. The fourth-order valence-electron chi connectivity index (χ4n) is 5.38. The maximum atomic E-state index is 13.0. The molecule has 1 aliphatic heterocycles. The molecule has 0 N–H and O–H groups in total. The van der Waals surface area contributed by atoms with Crippen molar-refractivity contribution in [2.75, 3.05) is 33.9 Å². The summed E-state index contributed by atoms with van der Waals surface area (Å²) in [7, 11) is 3.34. The van der Waals surface area contributed by atoms with Gasteiger partial charge in [0.15, 0.2) is 5.76 Å². The number of ether oxygens (including phenoxy) is 2. The van der Waals surface area contributed by atoms with E-state index in [1.807, 2.05) is 0 Å². The molecule has 4 aliphatic rings. The molecule has 0 amide bonds. The number of fused-ring (bicyclic) bond motifs is 1. The lowest BCUT2D eigenvalue weighted by atomic mass is 9.85. The van der Waals surface area contributed by atoms with E-state index in [0.29, 0.717) is 24.0 Å². The van der Waals surface area contributed by atoms with Crippen molar-refractivity contribution in [3.8, 4) is 0 Å². The number of nitrogens with zero attached hydrogens (tertiary/aromatic N) is 1. The van der Waals surface area contributed by atoms with E-state index in [1.165, 1.54) is 44.5 Å². The molecule has 1 heterocycles. The number of allylic oxidation sites excluding steroid dienone is 6. The Labute approximate surface area is 168 Å². The molecule has 1 saturated heterocycles. The number of likely N-dealkylation sites (tertiary alicyclic amines) is 1. The lowest BCUT2D eigenvalue weighted by Crippen LogP contribution is -2.37. The summed E-state index contributed by atoms with van der Waals surface area (Å²) in [5.74, 6) is 3.60. The van der Waals surface area contributed by atoms with Gasteiger partial charge >= 0.3 is 0 Å². The zero-order chi connectivity index (χ0) is 19.5. The van der Waals surface area contributed by atoms with Crippen LogP contribution in [0.1, 0.15) is 38.5 Å². The summed E-state index contributed by atoms with van der Waals surface area (Å²) in [5, 5.41) is 0. The number of methoxy groups -OCH3 is 2. The normalized spacial score (nSPS) is 31.1. The molecule has 0 radical (unpaired) electrons. The Morgan fingerprint density at radius 2 is 1.93 bits per heavy atom. The van der Waals surface area contributed by atoms with E-state index in [4.69, 9.17) is 9.47 Å². The predicted octanol–water partition coefficient (Wildman–Crippen LogP) is 4.26. The van der Waals surface area contributed by atoms with Gasteiger partial charge < -0.3 is 14.4 Å². The van der Waals surface area contributed by atoms with Gasteiger partial charge in [0.1, 0.15) is 11.5 Å². The molecule has 28 heavy (non-hydrogen) atoms. The monoisotopic (exact) mass is 383 g/mol. The molecule has 4 nitrogen and oxygen atoms in total. The summed E-state index contributed by atoms with van der Waals surface area (Å²) in [6.07, 6.45) is 17.3. The largest absolute Gasteiger partial charge is 0.497 e. The summed E-state index contributed by atoms with van der Waals surface area (Å²) in [6.45, 7) is 3.53. The molecular weight excluding hydrogens is 350 g/mol. The Balaban J connectivity index is 1.28. The Hall–Kier alpha value is -1.81. The van der Waals surface area contributed by atoms with Crippen molar-refractivity contribution in [3.05, 3.63) is 47.5 Å². The second-order valence-corrected chi connectivity index (χ2v) is 8.76. The molecule has 3 atom stereocenters. The van der Waals surface area contributed by atoms with Crippen molar-refractivity contribution in [3.63, 3.8) is 0 Å². The quantitative estimate of drug-likeness (QED) is 0.687. The van der Waals surface area contributed by atoms with Crippen LogP contribution in [0.4, 0.5) is 0 Å². The lowest BCUT2D eigenvalue weighted by molar-refractivity contribution is -0.124. The Bertz CT molecular complexity index is 709. The molecule has 4 heteroatoms. The van der Waals surface area contributed by atoms with Gasteiger partial charge in [0, 0.05) is 24.8 Å². The fraction of sp³-hybridized carbons (Fsp3) is 0.625. The third-order valence-corrected chi connectivity index (χ3v) is 7.01. The van der Waals surface area contributed by atoms with Crippen molar-refractivity contribution >= 4 is 5.78 Å². The number of hydrogen-bond donors (Lipinski definition) is 0. The average molecular weight is 384 g/mol. The van der Waals surface area contributed by atoms with Gasteiger partial charge in [-0.25, -0.2) is 0 Å². The van der Waals surface area contributed by atoms with Crippen LogP contribution < -0.4 is 0 Å².